The normalized spacial score (nSPS) is 21.5. The molecule has 126 valence electrons. The van der Waals surface area contributed by atoms with Gasteiger partial charge in [0.05, 0.1) is 13.2 Å². The Morgan fingerprint density at radius 2 is 2.22 bits per heavy atom. The van der Waals surface area contributed by atoms with Crippen molar-refractivity contribution in [2.75, 3.05) is 36.5 Å². The minimum atomic E-state index is -0.325. The number of amides is 2. The molecule has 0 spiro atoms. The number of carbonyl (C=O) groups is 2. The van der Waals surface area contributed by atoms with Crippen LogP contribution in [-0.4, -0.2) is 44.2 Å². The van der Waals surface area contributed by atoms with Crippen LogP contribution in [0.3, 0.4) is 0 Å². The van der Waals surface area contributed by atoms with Gasteiger partial charge in [0.15, 0.2) is 0 Å². The Labute approximate surface area is 142 Å². The van der Waals surface area contributed by atoms with Gasteiger partial charge >= 0.3 is 0 Å². The quantitative estimate of drug-likeness (QED) is 0.876. The molecule has 1 aromatic rings. The van der Waals surface area contributed by atoms with Crippen molar-refractivity contribution in [1.82, 2.24) is 5.32 Å². The lowest BCUT2D eigenvalue weighted by molar-refractivity contribution is -0.121. The standard InChI is InChI=1S/C16H21N3O3.ClH/c20-15-6-1-2-8-19(15)13-5-3-4-12(10-13)18-16(21)14-11-22-9-7-17-14;/h3-5,10,14,17H,1-2,6-9,11H2,(H,18,21);1H. The van der Waals surface area contributed by atoms with E-state index in [2.05, 4.69) is 10.6 Å². The largest absolute Gasteiger partial charge is 0.378 e. The van der Waals surface area contributed by atoms with Crippen LogP contribution in [0.1, 0.15) is 19.3 Å². The Hall–Kier alpha value is -1.63. The summed E-state index contributed by atoms with van der Waals surface area (Å²) in [7, 11) is 0. The zero-order valence-electron chi connectivity index (χ0n) is 12.9. The van der Waals surface area contributed by atoms with Gasteiger partial charge in [-0.25, -0.2) is 0 Å². The Balaban J connectivity index is 0.00000192. The van der Waals surface area contributed by atoms with E-state index < -0.39 is 0 Å². The summed E-state index contributed by atoms with van der Waals surface area (Å²) in [6.45, 7) is 2.45. The number of piperidine rings is 1. The Kier molecular flexibility index (Phi) is 6.38. The minimum absolute atomic E-state index is 0. The van der Waals surface area contributed by atoms with Crippen molar-refractivity contribution >= 4 is 35.6 Å². The second kappa shape index (κ2) is 8.29. The molecule has 2 saturated heterocycles. The van der Waals surface area contributed by atoms with Gasteiger partial charge in [-0.05, 0) is 31.0 Å². The number of anilines is 2. The van der Waals surface area contributed by atoms with Crippen LogP contribution in [0.15, 0.2) is 24.3 Å². The first kappa shape index (κ1) is 17.7. The molecule has 0 radical (unpaired) electrons. The Morgan fingerprint density at radius 1 is 1.35 bits per heavy atom. The monoisotopic (exact) mass is 339 g/mol. The van der Waals surface area contributed by atoms with Gasteiger partial charge in [0.25, 0.3) is 0 Å². The average Bonchev–Trinajstić information content (AvgIpc) is 2.56. The van der Waals surface area contributed by atoms with E-state index in [1.807, 2.05) is 24.3 Å². The molecule has 2 aliphatic rings. The molecule has 0 bridgehead atoms. The highest BCUT2D eigenvalue weighted by Gasteiger charge is 2.22. The molecule has 0 aromatic heterocycles. The second-order valence-corrected chi connectivity index (χ2v) is 5.62. The molecule has 0 saturated carbocycles. The summed E-state index contributed by atoms with van der Waals surface area (Å²) in [5, 5.41) is 6.01. The molecule has 1 atom stereocenters. The van der Waals surface area contributed by atoms with Crippen molar-refractivity contribution in [3.05, 3.63) is 24.3 Å². The van der Waals surface area contributed by atoms with E-state index in [9.17, 15) is 9.59 Å². The van der Waals surface area contributed by atoms with E-state index in [-0.39, 0.29) is 30.3 Å². The third-order valence-corrected chi connectivity index (χ3v) is 3.99. The molecule has 6 nitrogen and oxygen atoms in total. The first-order chi connectivity index (χ1) is 10.7. The molecule has 2 heterocycles. The zero-order valence-corrected chi connectivity index (χ0v) is 13.7. The molecule has 2 amide bonds. The molecular formula is C16H22ClN3O3. The third-order valence-electron chi connectivity index (χ3n) is 3.99. The summed E-state index contributed by atoms with van der Waals surface area (Å²) in [4.78, 5) is 26.0. The number of halogens is 1. The van der Waals surface area contributed by atoms with Crippen LogP contribution >= 0.6 is 12.4 Å². The molecule has 1 aromatic carbocycles. The van der Waals surface area contributed by atoms with E-state index in [1.165, 1.54) is 0 Å². The maximum atomic E-state index is 12.2. The highest BCUT2D eigenvalue weighted by Crippen LogP contribution is 2.24. The van der Waals surface area contributed by atoms with Crippen LogP contribution in [0.4, 0.5) is 11.4 Å². The predicted molar refractivity (Wildman–Crippen MR) is 91.1 cm³/mol. The summed E-state index contributed by atoms with van der Waals surface area (Å²) < 4.78 is 5.30. The fourth-order valence-corrected chi connectivity index (χ4v) is 2.79. The fraction of sp³-hybridized carbons (Fsp3) is 0.500. The van der Waals surface area contributed by atoms with E-state index in [1.54, 1.807) is 4.90 Å². The van der Waals surface area contributed by atoms with Gasteiger partial charge in [-0.1, -0.05) is 6.07 Å². The number of hydrogen-bond donors (Lipinski definition) is 2. The second-order valence-electron chi connectivity index (χ2n) is 5.62. The maximum Gasteiger partial charge on any atom is 0.243 e. The molecular weight excluding hydrogens is 318 g/mol. The summed E-state index contributed by atoms with van der Waals surface area (Å²) in [5.41, 5.74) is 1.55. The number of hydrogen-bond acceptors (Lipinski definition) is 4. The van der Waals surface area contributed by atoms with Crippen molar-refractivity contribution in [3.8, 4) is 0 Å². The summed E-state index contributed by atoms with van der Waals surface area (Å²) in [6.07, 6.45) is 2.57. The number of rotatable bonds is 3. The smallest absolute Gasteiger partial charge is 0.243 e. The molecule has 2 fully saturated rings. The maximum absolute atomic E-state index is 12.2. The molecule has 2 N–H and O–H groups in total. The van der Waals surface area contributed by atoms with Gasteiger partial charge in [-0.2, -0.15) is 0 Å². The number of morpholine rings is 1. The number of nitrogens with one attached hydrogen (secondary N) is 2. The molecule has 23 heavy (non-hydrogen) atoms. The van der Waals surface area contributed by atoms with Gasteiger partial charge in [-0.3, -0.25) is 9.59 Å². The van der Waals surface area contributed by atoms with Crippen LogP contribution in [-0.2, 0) is 14.3 Å². The molecule has 1 unspecified atom stereocenters. The Bertz CT molecular complexity index is 561. The van der Waals surface area contributed by atoms with E-state index in [0.29, 0.717) is 31.9 Å². The third kappa shape index (κ3) is 4.43. The van der Waals surface area contributed by atoms with Crippen LogP contribution in [0, 0.1) is 0 Å². The first-order valence-electron chi connectivity index (χ1n) is 7.76. The van der Waals surface area contributed by atoms with E-state index >= 15 is 0 Å². The number of ether oxygens (including phenoxy) is 1. The van der Waals surface area contributed by atoms with Crippen LogP contribution in [0.2, 0.25) is 0 Å². The van der Waals surface area contributed by atoms with Gasteiger partial charge in [-0.15, -0.1) is 12.4 Å². The van der Waals surface area contributed by atoms with E-state index in [4.69, 9.17) is 4.74 Å². The van der Waals surface area contributed by atoms with Crippen LogP contribution in [0.5, 0.6) is 0 Å². The summed E-state index contributed by atoms with van der Waals surface area (Å²) in [5.74, 6) is 0.0406. The molecule has 7 heteroatoms. The van der Waals surface area contributed by atoms with Crippen molar-refractivity contribution in [1.29, 1.82) is 0 Å². The fourth-order valence-electron chi connectivity index (χ4n) is 2.79. The Morgan fingerprint density at radius 3 is 2.96 bits per heavy atom. The summed E-state index contributed by atoms with van der Waals surface area (Å²) >= 11 is 0. The number of nitrogens with zero attached hydrogens (tertiary/aromatic N) is 1. The molecule has 3 rings (SSSR count). The predicted octanol–water partition coefficient (Wildman–Crippen LogP) is 1.55. The number of carbonyl (C=O) groups excluding carboxylic acids is 2. The SMILES string of the molecule is Cl.O=C(Nc1cccc(N2CCCCC2=O)c1)C1COCCN1. The molecule has 2 aliphatic heterocycles. The van der Waals surface area contributed by atoms with Crippen LogP contribution < -0.4 is 15.5 Å². The highest BCUT2D eigenvalue weighted by molar-refractivity contribution is 5.97. The highest BCUT2D eigenvalue weighted by atomic mass is 35.5. The van der Waals surface area contributed by atoms with Crippen molar-refractivity contribution in [2.24, 2.45) is 0 Å². The lowest BCUT2D eigenvalue weighted by atomic mass is 10.1. The topological polar surface area (TPSA) is 70.7 Å². The minimum Gasteiger partial charge on any atom is -0.378 e. The number of benzene rings is 1. The van der Waals surface area contributed by atoms with Crippen molar-refractivity contribution in [2.45, 2.75) is 25.3 Å². The van der Waals surface area contributed by atoms with Gasteiger partial charge in [0.1, 0.15) is 6.04 Å². The summed E-state index contributed by atoms with van der Waals surface area (Å²) in [6, 6.07) is 7.12. The average molecular weight is 340 g/mol. The zero-order chi connectivity index (χ0) is 15.4. The first-order valence-corrected chi connectivity index (χ1v) is 7.76. The van der Waals surface area contributed by atoms with Gasteiger partial charge in [0.2, 0.25) is 11.8 Å². The van der Waals surface area contributed by atoms with Crippen molar-refractivity contribution < 1.29 is 14.3 Å². The lowest BCUT2D eigenvalue weighted by Crippen LogP contribution is -2.48. The van der Waals surface area contributed by atoms with Crippen LogP contribution in [0.25, 0.3) is 0 Å². The molecule has 0 aliphatic carbocycles. The van der Waals surface area contributed by atoms with Crippen molar-refractivity contribution in [3.63, 3.8) is 0 Å². The van der Waals surface area contributed by atoms with E-state index in [0.717, 1.165) is 25.1 Å². The van der Waals surface area contributed by atoms with Gasteiger partial charge in [0, 0.05) is 30.9 Å². The van der Waals surface area contributed by atoms with Gasteiger partial charge < -0.3 is 20.3 Å². The lowest BCUT2D eigenvalue weighted by Gasteiger charge is -2.27.